The van der Waals surface area contributed by atoms with E-state index in [0.29, 0.717) is 12.2 Å². The number of rotatable bonds is 4. The summed E-state index contributed by atoms with van der Waals surface area (Å²) in [4.78, 5) is 2.40. The van der Waals surface area contributed by atoms with Crippen molar-refractivity contribution in [1.82, 2.24) is 0 Å². The fourth-order valence-corrected chi connectivity index (χ4v) is 2.60. The summed E-state index contributed by atoms with van der Waals surface area (Å²) in [7, 11) is 0. The molecule has 0 fully saturated rings. The summed E-state index contributed by atoms with van der Waals surface area (Å²) >= 11 is 1.68. The Kier molecular flexibility index (Phi) is 4.14. The van der Waals surface area contributed by atoms with Crippen molar-refractivity contribution in [1.29, 1.82) is 0 Å². The van der Waals surface area contributed by atoms with E-state index in [4.69, 9.17) is 0 Å². The molecule has 1 nitrogen and oxygen atoms in total. The Bertz CT molecular complexity index is 546. The van der Waals surface area contributed by atoms with Crippen molar-refractivity contribution in [2.75, 3.05) is 5.32 Å². The van der Waals surface area contributed by atoms with Crippen LogP contribution in [-0.4, -0.2) is 0 Å². The van der Waals surface area contributed by atoms with Crippen LogP contribution in [0.5, 0.6) is 0 Å². The number of halogens is 3. The van der Waals surface area contributed by atoms with Gasteiger partial charge in [-0.1, -0.05) is 13.0 Å². The molecule has 2 aromatic rings. The molecular weight excluding hydrogens is 271 g/mol. The van der Waals surface area contributed by atoms with Gasteiger partial charge in [-0.25, -0.2) is 0 Å². The van der Waals surface area contributed by atoms with Crippen LogP contribution in [0.2, 0.25) is 0 Å². The number of aryl methyl sites for hydroxylation is 1. The second-order valence-corrected chi connectivity index (χ2v) is 5.41. The fraction of sp³-hybridized carbons (Fsp3) is 0.286. The molecule has 1 aromatic carbocycles. The lowest BCUT2D eigenvalue weighted by Crippen LogP contribution is -2.06. The standard InChI is InChI=1S/C14H14F3NS/c1-2-12-6-7-13(19-12)9-18-11-5-3-4-10(8-11)14(15,16)17/h3-8,18H,2,9H2,1H3. The first kappa shape index (κ1) is 13.9. The molecule has 102 valence electrons. The van der Waals surface area contributed by atoms with Crippen LogP contribution < -0.4 is 5.32 Å². The zero-order valence-corrected chi connectivity index (χ0v) is 11.2. The van der Waals surface area contributed by atoms with Gasteiger partial charge in [-0.2, -0.15) is 13.2 Å². The zero-order valence-electron chi connectivity index (χ0n) is 10.4. The second-order valence-electron chi connectivity index (χ2n) is 4.15. The van der Waals surface area contributed by atoms with Crippen molar-refractivity contribution in [3.05, 3.63) is 51.7 Å². The van der Waals surface area contributed by atoms with Crippen molar-refractivity contribution in [2.24, 2.45) is 0 Å². The van der Waals surface area contributed by atoms with Crippen molar-refractivity contribution in [3.8, 4) is 0 Å². The first-order chi connectivity index (χ1) is 8.99. The van der Waals surface area contributed by atoms with E-state index < -0.39 is 11.7 Å². The van der Waals surface area contributed by atoms with E-state index in [1.807, 2.05) is 12.1 Å². The van der Waals surface area contributed by atoms with E-state index in [-0.39, 0.29) is 0 Å². The van der Waals surface area contributed by atoms with Crippen molar-refractivity contribution >= 4 is 17.0 Å². The minimum Gasteiger partial charge on any atom is -0.380 e. The molecule has 5 heteroatoms. The maximum absolute atomic E-state index is 12.6. The quantitative estimate of drug-likeness (QED) is 0.838. The van der Waals surface area contributed by atoms with Gasteiger partial charge in [-0.15, -0.1) is 11.3 Å². The zero-order chi connectivity index (χ0) is 13.9. The third-order valence-electron chi connectivity index (χ3n) is 2.72. The lowest BCUT2D eigenvalue weighted by molar-refractivity contribution is -0.137. The number of anilines is 1. The molecule has 0 unspecified atom stereocenters. The molecule has 1 heterocycles. The van der Waals surface area contributed by atoms with Crippen LogP contribution in [0.4, 0.5) is 18.9 Å². The Labute approximate surface area is 114 Å². The molecule has 0 aliphatic carbocycles. The highest BCUT2D eigenvalue weighted by atomic mass is 32.1. The van der Waals surface area contributed by atoms with Gasteiger partial charge >= 0.3 is 6.18 Å². The molecule has 2 rings (SSSR count). The van der Waals surface area contributed by atoms with E-state index in [1.165, 1.54) is 10.9 Å². The molecule has 0 radical (unpaired) electrons. The molecule has 0 atom stereocenters. The average molecular weight is 285 g/mol. The molecule has 0 amide bonds. The van der Waals surface area contributed by atoms with Crippen LogP contribution in [0.15, 0.2) is 36.4 Å². The Morgan fingerprint density at radius 1 is 1.11 bits per heavy atom. The number of thiophene rings is 1. The van der Waals surface area contributed by atoms with E-state index in [1.54, 1.807) is 17.4 Å². The monoisotopic (exact) mass is 285 g/mol. The summed E-state index contributed by atoms with van der Waals surface area (Å²) in [6.07, 6.45) is -3.32. The van der Waals surface area contributed by atoms with Crippen LogP contribution in [-0.2, 0) is 19.1 Å². The van der Waals surface area contributed by atoms with Crippen LogP contribution in [0.1, 0.15) is 22.2 Å². The third kappa shape index (κ3) is 3.73. The lowest BCUT2D eigenvalue weighted by Gasteiger charge is -2.09. The number of hydrogen-bond acceptors (Lipinski definition) is 2. The molecule has 0 aliphatic heterocycles. The molecule has 19 heavy (non-hydrogen) atoms. The highest BCUT2D eigenvalue weighted by Crippen LogP contribution is 2.30. The molecule has 0 saturated heterocycles. The van der Waals surface area contributed by atoms with Gasteiger partial charge in [0.1, 0.15) is 0 Å². The Morgan fingerprint density at radius 2 is 1.84 bits per heavy atom. The summed E-state index contributed by atoms with van der Waals surface area (Å²) < 4.78 is 37.7. The second kappa shape index (κ2) is 5.65. The summed E-state index contributed by atoms with van der Waals surface area (Å²) in [5.74, 6) is 0. The number of alkyl halides is 3. The highest BCUT2D eigenvalue weighted by molar-refractivity contribution is 7.12. The van der Waals surface area contributed by atoms with Gasteiger partial charge < -0.3 is 5.32 Å². The number of benzene rings is 1. The fourth-order valence-electron chi connectivity index (χ4n) is 1.70. The SMILES string of the molecule is CCc1ccc(CNc2cccc(C(F)(F)F)c2)s1. The predicted molar refractivity (Wildman–Crippen MR) is 72.5 cm³/mol. The minimum absolute atomic E-state index is 0.487. The van der Waals surface area contributed by atoms with Crippen molar-refractivity contribution in [2.45, 2.75) is 26.1 Å². The number of nitrogens with one attached hydrogen (secondary N) is 1. The van der Waals surface area contributed by atoms with Gasteiger partial charge in [0, 0.05) is 22.0 Å². The third-order valence-corrected chi connectivity index (χ3v) is 3.95. The van der Waals surface area contributed by atoms with E-state index in [2.05, 4.69) is 12.2 Å². The summed E-state index contributed by atoms with van der Waals surface area (Å²) in [5.41, 5.74) is -0.140. The molecule has 1 aromatic heterocycles. The van der Waals surface area contributed by atoms with E-state index in [0.717, 1.165) is 23.4 Å². The normalized spacial score (nSPS) is 11.6. The Morgan fingerprint density at radius 3 is 2.47 bits per heavy atom. The summed E-state index contributed by atoms with van der Waals surface area (Å²) in [6.45, 7) is 2.63. The van der Waals surface area contributed by atoms with Crippen LogP contribution >= 0.6 is 11.3 Å². The van der Waals surface area contributed by atoms with Crippen molar-refractivity contribution < 1.29 is 13.2 Å². The van der Waals surface area contributed by atoms with Gasteiger partial charge in [-0.3, -0.25) is 0 Å². The van der Waals surface area contributed by atoms with Gasteiger partial charge in [-0.05, 0) is 36.8 Å². The first-order valence-electron chi connectivity index (χ1n) is 5.98. The maximum atomic E-state index is 12.6. The molecule has 0 saturated carbocycles. The molecule has 0 bridgehead atoms. The summed E-state index contributed by atoms with van der Waals surface area (Å²) in [6, 6.07) is 9.32. The predicted octanol–water partition coefficient (Wildman–Crippen LogP) is 4.94. The van der Waals surface area contributed by atoms with Crippen LogP contribution in [0.3, 0.4) is 0 Å². The molecule has 0 aliphatic rings. The largest absolute Gasteiger partial charge is 0.416 e. The van der Waals surface area contributed by atoms with Gasteiger partial charge in [0.25, 0.3) is 0 Å². The lowest BCUT2D eigenvalue weighted by atomic mass is 10.2. The highest BCUT2D eigenvalue weighted by Gasteiger charge is 2.30. The van der Waals surface area contributed by atoms with Crippen LogP contribution in [0.25, 0.3) is 0 Å². The van der Waals surface area contributed by atoms with Gasteiger partial charge in [0.15, 0.2) is 0 Å². The Hall–Kier alpha value is -1.49. The Balaban J connectivity index is 2.03. The molecule has 0 spiro atoms. The van der Waals surface area contributed by atoms with Crippen molar-refractivity contribution in [3.63, 3.8) is 0 Å². The summed E-state index contributed by atoms with van der Waals surface area (Å²) in [5, 5.41) is 3.02. The van der Waals surface area contributed by atoms with E-state index in [9.17, 15) is 13.2 Å². The first-order valence-corrected chi connectivity index (χ1v) is 6.79. The van der Waals surface area contributed by atoms with Gasteiger partial charge in [0.2, 0.25) is 0 Å². The smallest absolute Gasteiger partial charge is 0.380 e. The minimum atomic E-state index is -4.30. The van der Waals surface area contributed by atoms with Crippen LogP contribution in [0, 0.1) is 0 Å². The molecule has 1 N–H and O–H groups in total. The maximum Gasteiger partial charge on any atom is 0.416 e. The number of hydrogen-bond donors (Lipinski definition) is 1. The molecular formula is C14H14F3NS. The average Bonchev–Trinajstić information content (AvgIpc) is 2.84. The van der Waals surface area contributed by atoms with E-state index >= 15 is 0 Å². The van der Waals surface area contributed by atoms with Gasteiger partial charge in [0.05, 0.1) is 5.56 Å². The topological polar surface area (TPSA) is 12.0 Å².